The molecule has 3 aliphatic rings. The van der Waals surface area contributed by atoms with Gasteiger partial charge in [0.05, 0.1) is 13.2 Å². The molecule has 6 heteroatoms. The highest BCUT2D eigenvalue weighted by atomic mass is 16.7. The van der Waals surface area contributed by atoms with Gasteiger partial charge in [-0.05, 0) is 18.1 Å². The molecule has 0 radical (unpaired) electrons. The number of piperidine rings is 1. The number of benzene rings is 1. The van der Waals surface area contributed by atoms with Crippen LogP contribution in [0.4, 0.5) is 5.69 Å². The molecule has 6 nitrogen and oxygen atoms in total. The average Bonchev–Trinajstić information content (AvgIpc) is 3.22. The van der Waals surface area contributed by atoms with E-state index in [4.69, 9.17) is 9.47 Å². The summed E-state index contributed by atoms with van der Waals surface area (Å²) in [6.45, 7) is 3.09. The van der Waals surface area contributed by atoms with E-state index >= 15 is 0 Å². The Bertz CT molecular complexity index is 644. The van der Waals surface area contributed by atoms with Crippen molar-refractivity contribution in [3.05, 3.63) is 29.8 Å². The number of hydrogen-bond acceptors (Lipinski definition) is 4. The summed E-state index contributed by atoms with van der Waals surface area (Å²) < 4.78 is 11.4. The van der Waals surface area contributed by atoms with E-state index in [9.17, 15) is 9.59 Å². The molecule has 3 heterocycles. The summed E-state index contributed by atoms with van der Waals surface area (Å²) in [6, 6.07) is 7.90. The first-order chi connectivity index (χ1) is 11.7. The fourth-order valence-electron chi connectivity index (χ4n) is 3.82. The first-order valence-electron chi connectivity index (χ1n) is 8.61. The summed E-state index contributed by atoms with van der Waals surface area (Å²) in [7, 11) is 0. The third kappa shape index (κ3) is 2.80. The number of hydrogen-bond donors (Lipinski definition) is 0. The second-order valence-corrected chi connectivity index (χ2v) is 6.59. The van der Waals surface area contributed by atoms with Gasteiger partial charge in [0.2, 0.25) is 11.8 Å². The van der Waals surface area contributed by atoms with E-state index in [1.807, 2.05) is 24.3 Å². The predicted molar refractivity (Wildman–Crippen MR) is 87.6 cm³/mol. The first-order valence-corrected chi connectivity index (χ1v) is 8.61. The summed E-state index contributed by atoms with van der Waals surface area (Å²) in [5.74, 6) is -0.704. The number of carbonyl (C=O) groups is 2. The van der Waals surface area contributed by atoms with Gasteiger partial charge in [0.15, 0.2) is 5.79 Å². The highest BCUT2D eigenvalue weighted by Gasteiger charge is 2.41. The summed E-state index contributed by atoms with van der Waals surface area (Å²) in [4.78, 5) is 28.5. The monoisotopic (exact) mass is 330 g/mol. The quantitative estimate of drug-likeness (QED) is 0.768. The number of likely N-dealkylation sites (tertiary alicyclic amines) is 1. The van der Waals surface area contributed by atoms with E-state index in [1.54, 1.807) is 9.80 Å². The predicted octanol–water partition coefficient (Wildman–Crippen LogP) is 1.33. The smallest absolute Gasteiger partial charge is 0.236 e. The standard InChI is InChI=1S/C18H22N2O4/c21-16(19-9-6-18(7-10-19)23-11-12-24-18)13-17(22)20-8-5-14-3-1-2-4-15(14)20/h1-4H,5-13H2. The number of carbonyl (C=O) groups excluding carboxylic acids is 2. The lowest BCUT2D eigenvalue weighted by Crippen LogP contribution is -2.48. The van der Waals surface area contributed by atoms with Gasteiger partial charge in [-0.15, -0.1) is 0 Å². The number of ether oxygens (including phenoxy) is 2. The molecule has 0 unspecified atom stereocenters. The summed E-state index contributed by atoms with van der Waals surface area (Å²) in [5.41, 5.74) is 2.12. The first kappa shape index (κ1) is 15.6. The molecule has 4 rings (SSSR count). The maximum atomic E-state index is 12.5. The fraction of sp³-hybridized carbons (Fsp3) is 0.556. The molecule has 3 aliphatic heterocycles. The van der Waals surface area contributed by atoms with Crippen molar-refractivity contribution in [1.82, 2.24) is 4.90 Å². The van der Waals surface area contributed by atoms with E-state index in [-0.39, 0.29) is 18.2 Å². The molecule has 1 aromatic rings. The van der Waals surface area contributed by atoms with E-state index in [0.29, 0.717) is 45.7 Å². The minimum absolute atomic E-state index is 0.0664. The minimum atomic E-state index is -0.491. The average molecular weight is 330 g/mol. The van der Waals surface area contributed by atoms with Crippen LogP contribution in [0.15, 0.2) is 24.3 Å². The van der Waals surface area contributed by atoms with Crippen molar-refractivity contribution in [2.45, 2.75) is 31.5 Å². The van der Waals surface area contributed by atoms with Crippen LogP contribution >= 0.6 is 0 Å². The number of nitrogens with zero attached hydrogens (tertiary/aromatic N) is 2. The van der Waals surface area contributed by atoms with Crippen LogP contribution in [0.5, 0.6) is 0 Å². The van der Waals surface area contributed by atoms with Crippen molar-refractivity contribution in [2.24, 2.45) is 0 Å². The van der Waals surface area contributed by atoms with Crippen LogP contribution in [0.1, 0.15) is 24.8 Å². The van der Waals surface area contributed by atoms with Crippen molar-refractivity contribution in [2.75, 3.05) is 37.7 Å². The Morgan fingerprint density at radius 1 is 1.00 bits per heavy atom. The van der Waals surface area contributed by atoms with Crippen molar-refractivity contribution >= 4 is 17.5 Å². The maximum absolute atomic E-state index is 12.5. The Labute approximate surface area is 141 Å². The Morgan fingerprint density at radius 2 is 1.71 bits per heavy atom. The molecular weight excluding hydrogens is 308 g/mol. The highest BCUT2D eigenvalue weighted by Crippen LogP contribution is 2.32. The van der Waals surface area contributed by atoms with Gasteiger partial charge in [0.1, 0.15) is 6.42 Å². The van der Waals surface area contributed by atoms with E-state index in [0.717, 1.165) is 12.1 Å². The highest BCUT2D eigenvalue weighted by molar-refractivity contribution is 6.06. The molecule has 2 fully saturated rings. The molecule has 2 amide bonds. The molecule has 0 aliphatic carbocycles. The maximum Gasteiger partial charge on any atom is 0.236 e. The lowest BCUT2D eigenvalue weighted by molar-refractivity contribution is -0.187. The third-order valence-corrected chi connectivity index (χ3v) is 5.18. The van der Waals surface area contributed by atoms with Crippen LogP contribution in [0.3, 0.4) is 0 Å². The summed E-state index contributed by atoms with van der Waals surface area (Å²) in [6.07, 6.45) is 2.15. The number of rotatable bonds is 2. The van der Waals surface area contributed by atoms with Crippen LogP contribution < -0.4 is 4.90 Å². The second kappa shape index (κ2) is 6.18. The fourth-order valence-corrected chi connectivity index (χ4v) is 3.82. The van der Waals surface area contributed by atoms with E-state index < -0.39 is 5.79 Å². The Balaban J connectivity index is 1.34. The number of anilines is 1. The number of amides is 2. The Hall–Kier alpha value is -1.92. The van der Waals surface area contributed by atoms with Gasteiger partial charge in [-0.2, -0.15) is 0 Å². The van der Waals surface area contributed by atoms with Gasteiger partial charge < -0.3 is 19.3 Å². The second-order valence-electron chi connectivity index (χ2n) is 6.59. The largest absolute Gasteiger partial charge is 0.347 e. The van der Waals surface area contributed by atoms with E-state index in [1.165, 1.54) is 5.56 Å². The molecular formula is C18H22N2O4. The minimum Gasteiger partial charge on any atom is -0.347 e. The summed E-state index contributed by atoms with van der Waals surface area (Å²) >= 11 is 0. The Kier molecular flexibility index (Phi) is 4.02. The van der Waals surface area contributed by atoms with Crippen LogP contribution in [0.2, 0.25) is 0 Å². The van der Waals surface area contributed by atoms with Gasteiger partial charge in [-0.25, -0.2) is 0 Å². The molecule has 1 spiro atoms. The van der Waals surface area contributed by atoms with Crippen LogP contribution in [-0.2, 0) is 25.5 Å². The van der Waals surface area contributed by atoms with Crippen LogP contribution in [0, 0.1) is 0 Å². The van der Waals surface area contributed by atoms with Crippen molar-refractivity contribution < 1.29 is 19.1 Å². The number of para-hydroxylation sites is 1. The lowest BCUT2D eigenvalue weighted by Gasteiger charge is -2.37. The summed E-state index contributed by atoms with van der Waals surface area (Å²) in [5, 5.41) is 0. The van der Waals surface area contributed by atoms with Crippen molar-refractivity contribution in [1.29, 1.82) is 0 Å². The molecule has 0 aromatic heterocycles. The van der Waals surface area contributed by atoms with Gasteiger partial charge in [0, 0.05) is 38.2 Å². The zero-order valence-electron chi connectivity index (χ0n) is 13.7. The van der Waals surface area contributed by atoms with Gasteiger partial charge >= 0.3 is 0 Å². The molecule has 0 N–H and O–H groups in total. The topological polar surface area (TPSA) is 59.1 Å². The molecule has 2 saturated heterocycles. The SMILES string of the molecule is O=C(CC(=O)N1CCc2ccccc21)N1CCC2(CC1)OCCO2. The lowest BCUT2D eigenvalue weighted by atomic mass is 10.0. The molecule has 1 aromatic carbocycles. The van der Waals surface area contributed by atoms with Gasteiger partial charge in [-0.1, -0.05) is 18.2 Å². The molecule has 24 heavy (non-hydrogen) atoms. The zero-order chi connectivity index (χ0) is 16.6. The van der Waals surface area contributed by atoms with Crippen LogP contribution in [0.25, 0.3) is 0 Å². The molecule has 0 saturated carbocycles. The van der Waals surface area contributed by atoms with Crippen molar-refractivity contribution in [3.63, 3.8) is 0 Å². The van der Waals surface area contributed by atoms with E-state index in [2.05, 4.69) is 0 Å². The van der Waals surface area contributed by atoms with Gasteiger partial charge in [-0.3, -0.25) is 9.59 Å². The van der Waals surface area contributed by atoms with Crippen LogP contribution in [-0.4, -0.2) is 55.3 Å². The zero-order valence-corrected chi connectivity index (χ0v) is 13.7. The number of fused-ring (bicyclic) bond motifs is 1. The van der Waals surface area contributed by atoms with Crippen molar-refractivity contribution in [3.8, 4) is 0 Å². The molecule has 0 bridgehead atoms. The molecule has 128 valence electrons. The third-order valence-electron chi connectivity index (χ3n) is 5.18. The molecule has 0 atom stereocenters. The normalized spacial score (nSPS) is 22.0. The van der Waals surface area contributed by atoms with Gasteiger partial charge in [0.25, 0.3) is 0 Å². The Morgan fingerprint density at radius 3 is 2.46 bits per heavy atom.